The number of ether oxygens (including phenoxy) is 1. The molecule has 1 rings (SSSR count). The van der Waals surface area contributed by atoms with Gasteiger partial charge in [-0.2, -0.15) is 0 Å². The Kier molecular flexibility index (Phi) is 4.22. The standard InChI is InChI=1S/C10H10INO4/c1-3-16-10-7(6(2)13)4-5-8(9(10)11)12(14)15/h4-5H,3H2,1-2H3. The average molecular weight is 335 g/mol. The van der Waals surface area contributed by atoms with Crippen molar-refractivity contribution in [2.24, 2.45) is 0 Å². The smallest absolute Gasteiger partial charge is 0.286 e. The van der Waals surface area contributed by atoms with Gasteiger partial charge in [0, 0.05) is 6.07 Å². The van der Waals surface area contributed by atoms with Gasteiger partial charge in [-0.3, -0.25) is 14.9 Å². The number of hydrogen-bond donors (Lipinski definition) is 0. The van der Waals surface area contributed by atoms with Gasteiger partial charge in [-0.15, -0.1) is 0 Å². The van der Waals surface area contributed by atoms with Crippen molar-refractivity contribution in [2.45, 2.75) is 13.8 Å². The largest absolute Gasteiger partial charge is 0.492 e. The van der Waals surface area contributed by atoms with Gasteiger partial charge in [0.25, 0.3) is 5.69 Å². The molecule has 0 aliphatic carbocycles. The number of carbonyl (C=O) groups excluding carboxylic acids is 1. The lowest BCUT2D eigenvalue weighted by atomic mass is 10.1. The van der Waals surface area contributed by atoms with Crippen molar-refractivity contribution in [3.8, 4) is 5.75 Å². The van der Waals surface area contributed by atoms with Crippen LogP contribution in [0.2, 0.25) is 0 Å². The first kappa shape index (κ1) is 12.9. The maximum Gasteiger partial charge on any atom is 0.286 e. The SMILES string of the molecule is CCOc1c(C(C)=O)ccc([N+](=O)[O-])c1I. The number of Topliss-reactive ketones (excluding diaryl/α,β-unsaturated/α-hetero) is 1. The number of hydrogen-bond acceptors (Lipinski definition) is 4. The lowest BCUT2D eigenvalue weighted by Gasteiger charge is -2.10. The Morgan fingerprint density at radius 2 is 2.19 bits per heavy atom. The molecule has 0 aliphatic rings. The van der Waals surface area contributed by atoms with Gasteiger partial charge < -0.3 is 4.74 Å². The molecule has 1 aromatic rings. The molecule has 0 aromatic heterocycles. The maximum atomic E-state index is 11.3. The second-order valence-electron chi connectivity index (χ2n) is 3.02. The van der Waals surface area contributed by atoms with Gasteiger partial charge in [0.15, 0.2) is 5.78 Å². The monoisotopic (exact) mass is 335 g/mol. The number of halogens is 1. The average Bonchev–Trinajstić information content (AvgIpc) is 2.20. The minimum Gasteiger partial charge on any atom is -0.492 e. The zero-order chi connectivity index (χ0) is 12.3. The van der Waals surface area contributed by atoms with Crippen LogP contribution in [-0.2, 0) is 0 Å². The van der Waals surface area contributed by atoms with Crippen LogP contribution in [0.1, 0.15) is 24.2 Å². The Bertz CT molecular complexity index is 445. The van der Waals surface area contributed by atoms with Crippen LogP contribution in [0.25, 0.3) is 0 Å². The fraction of sp³-hybridized carbons (Fsp3) is 0.300. The van der Waals surface area contributed by atoms with Gasteiger partial charge in [0.1, 0.15) is 9.32 Å². The maximum absolute atomic E-state index is 11.3. The van der Waals surface area contributed by atoms with E-state index in [1.54, 1.807) is 6.92 Å². The quantitative estimate of drug-likeness (QED) is 0.367. The molecule has 0 saturated heterocycles. The summed E-state index contributed by atoms with van der Waals surface area (Å²) in [6.45, 7) is 3.52. The Morgan fingerprint density at radius 1 is 1.56 bits per heavy atom. The molecule has 0 aliphatic heterocycles. The molecule has 0 fully saturated rings. The van der Waals surface area contributed by atoms with E-state index in [-0.39, 0.29) is 11.5 Å². The first-order valence-electron chi connectivity index (χ1n) is 4.59. The van der Waals surface area contributed by atoms with Crippen molar-refractivity contribution in [1.82, 2.24) is 0 Å². The van der Waals surface area contributed by atoms with Crippen molar-refractivity contribution in [3.05, 3.63) is 31.4 Å². The second-order valence-corrected chi connectivity index (χ2v) is 4.10. The van der Waals surface area contributed by atoms with Crippen LogP contribution in [-0.4, -0.2) is 17.3 Å². The highest BCUT2D eigenvalue weighted by atomic mass is 127. The van der Waals surface area contributed by atoms with E-state index in [1.807, 2.05) is 22.6 Å². The molecule has 16 heavy (non-hydrogen) atoms. The summed E-state index contributed by atoms with van der Waals surface area (Å²) in [5.41, 5.74) is 0.325. The summed E-state index contributed by atoms with van der Waals surface area (Å²) in [4.78, 5) is 21.5. The Balaban J connectivity index is 3.41. The van der Waals surface area contributed by atoms with Crippen molar-refractivity contribution in [2.75, 3.05) is 6.61 Å². The van der Waals surface area contributed by atoms with E-state index in [0.717, 1.165) is 0 Å². The molecule has 0 spiro atoms. The summed E-state index contributed by atoms with van der Waals surface area (Å²) in [5, 5.41) is 10.7. The van der Waals surface area contributed by atoms with E-state index >= 15 is 0 Å². The van der Waals surface area contributed by atoms with Gasteiger partial charge >= 0.3 is 0 Å². The highest BCUT2D eigenvalue weighted by molar-refractivity contribution is 14.1. The summed E-state index contributed by atoms with van der Waals surface area (Å²) in [7, 11) is 0. The first-order valence-corrected chi connectivity index (χ1v) is 5.67. The molecule has 0 amide bonds. The molecular formula is C10H10INO4. The van der Waals surface area contributed by atoms with Crippen molar-refractivity contribution < 1.29 is 14.5 Å². The van der Waals surface area contributed by atoms with Gasteiger partial charge in [-0.1, -0.05) is 0 Å². The molecule has 5 nitrogen and oxygen atoms in total. The lowest BCUT2D eigenvalue weighted by molar-refractivity contribution is -0.385. The van der Waals surface area contributed by atoms with Crippen LogP contribution in [0, 0.1) is 13.7 Å². The van der Waals surface area contributed by atoms with Crippen molar-refractivity contribution in [1.29, 1.82) is 0 Å². The molecule has 0 saturated carbocycles. The van der Waals surface area contributed by atoms with Crippen molar-refractivity contribution >= 4 is 34.1 Å². The Hall–Kier alpha value is -1.18. The summed E-state index contributed by atoms with van der Waals surface area (Å²) < 4.78 is 5.65. The van der Waals surface area contributed by atoms with E-state index < -0.39 is 4.92 Å². The third-order valence-electron chi connectivity index (χ3n) is 1.94. The van der Waals surface area contributed by atoms with E-state index in [2.05, 4.69) is 0 Å². The van der Waals surface area contributed by atoms with Crippen LogP contribution in [0.15, 0.2) is 12.1 Å². The number of rotatable bonds is 4. The first-order chi connectivity index (χ1) is 7.49. The summed E-state index contributed by atoms with van der Waals surface area (Å²) >= 11 is 1.82. The van der Waals surface area contributed by atoms with Crippen LogP contribution in [0.3, 0.4) is 0 Å². The minimum atomic E-state index is -0.492. The fourth-order valence-electron chi connectivity index (χ4n) is 1.25. The van der Waals surface area contributed by atoms with Gasteiger partial charge in [-0.25, -0.2) is 0 Å². The number of nitro groups is 1. The number of nitrogens with zero attached hydrogens (tertiary/aromatic N) is 1. The predicted molar refractivity (Wildman–Crippen MR) is 67.0 cm³/mol. The lowest BCUT2D eigenvalue weighted by Crippen LogP contribution is -2.04. The van der Waals surface area contributed by atoms with Gasteiger partial charge in [0.05, 0.1) is 17.1 Å². The molecule has 0 bridgehead atoms. The van der Waals surface area contributed by atoms with Gasteiger partial charge in [0.2, 0.25) is 0 Å². The zero-order valence-electron chi connectivity index (χ0n) is 8.82. The van der Waals surface area contributed by atoms with Crippen LogP contribution >= 0.6 is 22.6 Å². The molecule has 0 heterocycles. The minimum absolute atomic E-state index is 0.0472. The van der Waals surface area contributed by atoms with Crippen LogP contribution in [0.5, 0.6) is 5.75 Å². The van der Waals surface area contributed by atoms with E-state index in [9.17, 15) is 14.9 Å². The van der Waals surface area contributed by atoms with Crippen LogP contribution < -0.4 is 4.74 Å². The molecule has 0 atom stereocenters. The topological polar surface area (TPSA) is 69.4 Å². The second kappa shape index (κ2) is 5.24. The predicted octanol–water partition coefficient (Wildman–Crippen LogP) is 2.80. The molecule has 1 aromatic carbocycles. The summed E-state index contributed by atoms with van der Waals surface area (Å²) in [6.07, 6.45) is 0. The number of carbonyl (C=O) groups is 1. The molecular weight excluding hydrogens is 325 g/mol. The number of nitro benzene ring substituents is 1. The van der Waals surface area contributed by atoms with Gasteiger partial charge in [-0.05, 0) is 42.5 Å². The molecule has 6 heteroatoms. The molecule has 86 valence electrons. The highest BCUT2D eigenvalue weighted by Gasteiger charge is 2.21. The summed E-state index contributed by atoms with van der Waals surface area (Å²) in [6, 6.07) is 2.74. The Morgan fingerprint density at radius 3 is 2.62 bits per heavy atom. The third kappa shape index (κ3) is 2.49. The highest BCUT2D eigenvalue weighted by Crippen LogP contribution is 2.33. The Labute approximate surface area is 106 Å². The third-order valence-corrected chi connectivity index (χ3v) is 2.98. The summed E-state index contributed by atoms with van der Waals surface area (Å²) in [5.74, 6) is 0.126. The normalized spacial score (nSPS) is 9.94. The number of benzene rings is 1. The van der Waals surface area contributed by atoms with Crippen LogP contribution in [0.4, 0.5) is 5.69 Å². The molecule has 0 unspecified atom stereocenters. The van der Waals surface area contributed by atoms with E-state index in [0.29, 0.717) is 21.5 Å². The fourth-order valence-corrected chi connectivity index (χ4v) is 2.07. The molecule has 0 N–H and O–H groups in total. The van der Waals surface area contributed by atoms with Crippen molar-refractivity contribution in [3.63, 3.8) is 0 Å². The zero-order valence-corrected chi connectivity index (χ0v) is 11.0. The van der Waals surface area contributed by atoms with E-state index in [1.165, 1.54) is 19.1 Å². The molecule has 0 radical (unpaired) electrons. The number of ketones is 1. The van der Waals surface area contributed by atoms with E-state index in [4.69, 9.17) is 4.74 Å².